The van der Waals surface area contributed by atoms with Crippen LogP contribution < -0.4 is 5.73 Å². The molecule has 0 heterocycles. The Kier molecular flexibility index (Phi) is 4.52. The van der Waals surface area contributed by atoms with E-state index in [4.69, 9.17) is 11.0 Å². The minimum atomic E-state index is 0.708. The van der Waals surface area contributed by atoms with Crippen LogP contribution in [0.15, 0.2) is 45.8 Å². The van der Waals surface area contributed by atoms with E-state index in [2.05, 4.69) is 22.0 Å². The Morgan fingerprint density at radius 3 is 2.68 bits per heavy atom. The number of nitrogens with two attached hydrogens (primary N) is 1. The van der Waals surface area contributed by atoms with E-state index in [-0.39, 0.29) is 0 Å². The fourth-order valence-corrected chi connectivity index (χ4v) is 3.45. The van der Waals surface area contributed by atoms with Gasteiger partial charge in [-0.05, 0) is 64.3 Å². The zero-order chi connectivity index (χ0) is 13.8. The lowest BCUT2D eigenvalue weighted by Gasteiger charge is -2.08. The Morgan fingerprint density at radius 1 is 1.26 bits per heavy atom. The van der Waals surface area contributed by atoms with Gasteiger partial charge in [-0.3, -0.25) is 0 Å². The molecule has 0 aliphatic heterocycles. The van der Waals surface area contributed by atoms with Crippen molar-refractivity contribution < 1.29 is 0 Å². The highest BCUT2D eigenvalue weighted by Gasteiger charge is 2.04. The summed E-state index contributed by atoms with van der Waals surface area (Å²) in [6.07, 6.45) is 0. The molecule has 2 aromatic rings. The molecule has 4 heteroatoms. The van der Waals surface area contributed by atoms with Gasteiger partial charge in [0, 0.05) is 20.8 Å². The summed E-state index contributed by atoms with van der Waals surface area (Å²) < 4.78 is 1.02. The van der Waals surface area contributed by atoms with Crippen LogP contribution in [0.25, 0.3) is 0 Å². The molecule has 96 valence electrons. The number of hydrogen-bond donors (Lipinski definition) is 1. The van der Waals surface area contributed by atoms with E-state index >= 15 is 0 Å². The zero-order valence-corrected chi connectivity index (χ0v) is 12.9. The Morgan fingerprint density at radius 2 is 2.05 bits per heavy atom. The van der Waals surface area contributed by atoms with E-state index in [1.807, 2.05) is 43.3 Å². The minimum absolute atomic E-state index is 0.708. The first-order valence-corrected chi connectivity index (χ1v) is 7.55. The topological polar surface area (TPSA) is 49.8 Å². The molecule has 0 aliphatic rings. The third-order valence-electron chi connectivity index (χ3n) is 2.81. The molecule has 0 radical (unpaired) electrons. The minimum Gasteiger partial charge on any atom is -0.399 e. The van der Waals surface area contributed by atoms with Crippen molar-refractivity contribution in [3.63, 3.8) is 0 Å². The van der Waals surface area contributed by atoms with Crippen LogP contribution in [0, 0.1) is 18.3 Å². The van der Waals surface area contributed by atoms with Crippen molar-refractivity contribution in [1.29, 1.82) is 5.26 Å². The number of nitriles is 1. The van der Waals surface area contributed by atoms with E-state index in [1.54, 1.807) is 11.8 Å². The first-order chi connectivity index (χ1) is 9.10. The summed E-state index contributed by atoms with van der Waals surface area (Å²) in [5.41, 5.74) is 9.58. The highest BCUT2D eigenvalue weighted by molar-refractivity contribution is 9.10. The van der Waals surface area contributed by atoms with Gasteiger partial charge < -0.3 is 5.73 Å². The maximum Gasteiger partial charge on any atom is 0.0991 e. The van der Waals surface area contributed by atoms with Gasteiger partial charge in [0.1, 0.15) is 0 Å². The normalized spacial score (nSPS) is 10.2. The van der Waals surface area contributed by atoms with Crippen LogP contribution >= 0.6 is 27.7 Å². The third kappa shape index (κ3) is 3.52. The van der Waals surface area contributed by atoms with E-state index in [0.29, 0.717) is 5.56 Å². The lowest BCUT2D eigenvalue weighted by Crippen LogP contribution is -1.89. The Labute approximate surface area is 125 Å². The first kappa shape index (κ1) is 14.0. The van der Waals surface area contributed by atoms with E-state index in [9.17, 15) is 0 Å². The Balaban J connectivity index is 2.13. The number of anilines is 1. The van der Waals surface area contributed by atoms with Crippen LogP contribution in [0.4, 0.5) is 5.69 Å². The molecular formula is C15H13BrN2S. The van der Waals surface area contributed by atoms with Gasteiger partial charge in [-0.2, -0.15) is 5.26 Å². The highest BCUT2D eigenvalue weighted by Crippen LogP contribution is 2.32. The van der Waals surface area contributed by atoms with Gasteiger partial charge in [0.25, 0.3) is 0 Å². The van der Waals surface area contributed by atoms with E-state index in [0.717, 1.165) is 26.4 Å². The van der Waals surface area contributed by atoms with Crippen molar-refractivity contribution in [3.05, 3.63) is 57.6 Å². The molecule has 0 aliphatic carbocycles. The average molecular weight is 333 g/mol. The molecular weight excluding hydrogens is 320 g/mol. The number of nitrogen functional groups attached to an aromatic ring is 1. The quantitative estimate of drug-likeness (QED) is 0.664. The molecule has 2 N–H and O–H groups in total. The number of thioether (sulfide) groups is 1. The predicted molar refractivity (Wildman–Crippen MR) is 84.0 cm³/mol. The highest BCUT2D eigenvalue weighted by atomic mass is 79.9. The molecule has 2 aromatic carbocycles. The van der Waals surface area contributed by atoms with Crippen LogP contribution in [0.3, 0.4) is 0 Å². The monoisotopic (exact) mass is 332 g/mol. The maximum absolute atomic E-state index is 8.85. The molecule has 0 bridgehead atoms. The van der Waals surface area contributed by atoms with Crippen LogP contribution in [0.2, 0.25) is 0 Å². The number of hydrogen-bond acceptors (Lipinski definition) is 3. The van der Waals surface area contributed by atoms with E-state index in [1.165, 1.54) is 5.56 Å². The molecule has 0 spiro atoms. The van der Waals surface area contributed by atoms with Crippen LogP contribution in [0.1, 0.15) is 16.7 Å². The Hall–Kier alpha value is -1.44. The first-order valence-electron chi connectivity index (χ1n) is 5.77. The second-order valence-electron chi connectivity index (χ2n) is 4.23. The van der Waals surface area contributed by atoms with Gasteiger partial charge in [0.05, 0.1) is 11.6 Å². The second-order valence-corrected chi connectivity index (χ2v) is 6.10. The number of nitrogens with zero attached hydrogens (tertiary/aromatic N) is 1. The third-order valence-corrected chi connectivity index (χ3v) is 4.85. The van der Waals surface area contributed by atoms with Gasteiger partial charge in [0.2, 0.25) is 0 Å². The zero-order valence-electron chi connectivity index (χ0n) is 10.5. The summed E-state index contributed by atoms with van der Waals surface area (Å²) >= 11 is 5.27. The molecule has 2 nitrogen and oxygen atoms in total. The van der Waals surface area contributed by atoms with Crippen molar-refractivity contribution >= 4 is 33.4 Å². The lowest BCUT2D eigenvalue weighted by atomic mass is 10.1. The van der Waals surface area contributed by atoms with Gasteiger partial charge in [0.15, 0.2) is 0 Å². The average Bonchev–Trinajstić information content (AvgIpc) is 2.39. The summed E-state index contributed by atoms with van der Waals surface area (Å²) in [7, 11) is 0. The van der Waals surface area contributed by atoms with Crippen molar-refractivity contribution in [3.8, 4) is 6.07 Å². The molecule has 19 heavy (non-hydrogen) atoms. The van der Waals surface area contributed by atoms with Crippen molar-refractivity contribution in [2.45, 2.75) is 17.6 Å². The molecule has 2 rings (SSSR count). The van der Waals surface area contributed by atoms with Gasteiger partial charge in [-0.1, -0.05) is 6.07 Å². The standard InChI is InChI=1S/C15H13BrN2S/c1-10-6-11(8-17)2-3-12(10)9-19-15-5-4-13(18)7-14(15)16/h2-7H,9,18H2,1H3. The molecule has 0 aromatic heterocycles. The second kappa shape index (κ2) is 6.14. The van der Waals surface area contributed by atoms with Crippen molar-refractivity contribution in [2.24, 2.45) is 0 Å². The molecule has 0 unspecified atom stereocenters. The van der Waals surface area contributed by atoms with Crippen molar-refractivity contribution in [1.82, 2.24) is 0 Å². The summed E-state index contributed by atoms with van der Waals surface area (Å²) in [6, 6.07) is 13.8. The SMILES string of the molecule is Cc1cc(C#N)ccc1CSc1ccc(N)cc1Br. The Bertz CT molecular complexity index is 647. The number of rotatable bonds is 3. The summed E-state index contributed by atoms with van der Waals surface area (Å²) in [5.74, 6) is 0.875. The van der Waals surface area contributed by atoms with Crippen LogP contribution in [-0.2, 0) is 5.75 Å². The molecule has 0 fully saturated rings. The summed E-state index contributed by atoms with van der Waals surface area (Å²) in [5, 5.41) is 8.85. The van der Waals surface area contributed by atoms with E-state index < -0.39 is 0 Å². The molecule has 0 amide bonds. The summed E-state index contributed by atoms with van der Waals surface area (Å²) in [4.78, 5) is 1.16. The van der Waals surface area contributed by atoms with Gasteiger partial charge >= 0.3 is 0 Å². The van der Waals surface area contributed by atoms with Gasteiger partial charge in [-0.15, -0.1) is 11.8 Å². The molecule has 0 atom stereocenters. The largest absolute Gasteiger partial charge is 0.399 e. The predicted octanol–water partition coefficient (Wildman–Crippen LogP) is 4.50. The maximum atomic E-state index is 8.85. The number of halogens is 1. The fraction of sp³-hybridized carbons (Fsp3) is 0.133. The number of benzene rings is 2. The summed E-state index contributed by atoms with van der Waals surface area (Å²) in [6.45, 7) is 2.04. The lowest BCUT2D eigenvalue weighted by molar-refractivity contribution is 1.28. The van der Waals surface area contributed by atoms with Crippen molar-refractivity contribution in [2.75, 3.05) is 5.73 Å². The molecule has 0 saturated heterocycles. The van der Waals surface area contributed by atoms with Crippen LogP contribution in [-0.4, -0.2) is 0 Å². The smallest absolute Gasteiger partial charge is 0.0991 e. The van der Waals surface area contributed by atoms with Crippen LogP contribution in [0.5, 0.6) is 0 Å². The molecule has 0 saturated carbocycles. The fourth-order valence-electron chi connectivity index (χ4n) is 1.72. The number of aryl methyl sites for hydroxylation is 1. The van der Waals surface area contributed by atoms with Gasteiger partial charge in [-0.25, -0.2) is 0 Å².